The summed E-state index contributed by atoms with van der Waals surface area (Å²) in [6.45, 7) is 7.46. The summed E-state index contributed by atoms with van der Waals surface area (Å²) in [4.78, 5) is 25.6. The summed E-state index contributed by atoms with van der Waals surface area (Å²) in [5.74, 6) is -0.326. The fourth-order valence-corrected chi connectivity index (χ4v) is 2.35. The molecule has 1 rings (SSSR count). The maximum atomic E-state index is 11.8. The summed E-state index contributed by atoms with van der Waals surface area (Å²) < 4.78 is 10.0. The lowest BCUT2D eigenvalue weighted by atomic mass is 9.85. The molecule has 1 N–H and O–H groups in total. The highest BCUT2D eigenvalue weighted by Crippen LogP contribution is 2.23. The Morgan fingerprint density at radius 3 is 2.55 bits per heavy atom. The lowest BCUT2D eigenvalue weighted by Crippen LogP contribution is -2.47. The molecule has 1 amide bonds. The van der Waals surface area contributed by atoms with Crippen molar-refractivity contribution in [2.45, 2.75) is 32.8 Å². The quantitative estimate of drug-likeness (QED) is 0.791. The minimum absolute atomic E-state index is 0.0890. The fourth-order valence-electron chi connectivity index (χ4n) is 2.35. The average molecular weight is 286 g/mol. The van der Waals surface area contributed by atoms with E-state index in [-0.39, 0.29) is 17.8 Å². The summed E-state index contributed by atoms with van der Waals surface area (Å²) in [7, 11) is 3.38. The van der Waals surface area contributed by atoms with Gasteiger partial charge in [-0.25, -0.2) is 4.79 Å². The van der Waals surface area contributed by atoms with Crippen molar-refractivity contribution < 1.29 is 19.1 Å². The van der Waals surface area contributed by atoms with E-state index in [4.69, 9.17) is 9.47 Å². The highest BCUT2D eigenvalue weighted by Gasteiger charge is 2.34. The van der Waals surface area contributed by atoms with Gasteiger partial charge < -0.3 is 19.7 Å². The molecule has 1 heterocycles. The molecule has 1 aliphatic rings. The summed E-state index contributed by atoms with van der Waals surface area (Å²) in [5, 5.41) is 2.75. The Bertz CT molecular complexity index is 352. The van der Waals surface area contributed by atoms with Gasteiger partial charge in [0.2, 0.25) is 0 Å². The third kappa shape index (κ3) is 5.36. The molecule has 0 saturated carbocycles. The number of ether oxygens (including phenoxy) is 2. The first kappa shape index (κ1) is 16.8. The fraction of sp³-hybridized carbons (Fsp3) is 0.857. The molecule has 0 radical (unpaired) electrons. The zero-order valence-electron chi connectivity index (χ0n) is 13.1. The van der Waals surface area contributed by atoms with Gasteiger partial charge in [0.1, 0.15) is 5.60 Å². The Morgan fingerprint density at radius 2 is 2.00 bits per heavy atom. The van der Waals surface area contributed by atoms with Crippen LogP contribution < -0.4 is 5.32 Å². The van der Waals surface area contributed by atoms with E-state index in [1.54, 1.807) is 0 Å². The molecule has 0 aromatic rings. The zero-order valence-corrected chi connectivity index (χ0v) is 13.1. The van der Waals surface area contributed by atoms with Crippen LogP contribution >= 0.6 is 0 Å². The van der Waals surface area contributed by atoms with Gasteiger partial charge in [-0.15, -0.1) is 0 Å². The molecule has 2 unspecified atom stereocenters. The zero-order chi connectivity index (χ0) is 15.3. The molecule has 0 aromatic carbocycles. The highest BCUT2D eigenvalue weighted by atomic mass is 16.6. The Labute approximate surface area is 120 Å². The summed E-state index contributed by atoms with van der Waals surface area (Å²) in [6, 6.07) is 0. The van der Waals surface area contributed by atoms with Gasteiger partial charge in [0, 0.05) is 13.1 Å². The molecule has 0 spiro atoms. The first-order chi connectivity index (χ1) is 9.23. The van der Waals surface area contributed by atoms with Crippen molar-refractivity contribution in [1.29, 1.82) is 0 Å². The van der Waals surface area contributed by atoms with Crippen molar-refractivity contribution in [2.75, 3.05) is 33.8 Å². The Morgan fingerprint density at radius 1 is 1.35 bits per heavy atom. The summed E-state index contributed by atoms with van der Waals surface area (Å²) >= 11 is 0. The molecule has 1 saturated heterocycles. The van der Waals surface area contributed by atoms with Crippen molar-refractivity contribution >= 4 is 12.1 Å². The summed E-state index contributed by atoms with van der Waals surface area (Å²) in [5.41, 5.74) is -0.515. The highest BCUT2D eigenvalue weighted by molar-refractivity contribution is 5.73. The number of nitrogens with one attached hydrogen (secondary N) is 1. The molecule has 6 nitrogen and oxygen atoms in total. The number of alkyl carbamates (subject to hydrolysis) is 1. The predicted octanol–water partition coefficient (Wildman–Crippen LogP) is 1.25. The smallest absolute Gasteiger partial charge is 0.407 e. The minimum atomic E-state index is -0.515. The number of esters is 1. The van der Waals surface area contributed by atoms with Crippen LogP contribution in [-0.2, 0) is 14.3 Å². The van der Waals surface area contributed by atoms with E-state index < -0.39 is 11.7 Å². The molecule has 20 heavy (non-hydrogen) atoms. The maximum Gasteiger partial charge on any atom is 0.407 e. The van der Waals surface area contributed by atoms with Crippen molar-refractivity contribution in [3.8, 4) is 0 Å². The molecular formula is C14H26N2O4. The van der Waals surface area contributed by atoms with E-state index in [1.165, 1.54) is 7.11 Å². The molecule has 0 aromatic heterocycles. The average Bonchev–Trinajstić information content (AvgIpc) is 2.34. The van der Waals surface area contributed by atoms with E-state index >= 15 is 0 Å². The van der Waals surface area contributed by atoms with E-state index in [9.17, 15) is 9.59 Å². The molecule has 1 aliphatic heterocycles. The summed E-state index contributed by atoms with van der Waals surface area (Å²) in [6.07, 6.45) is 0.409. The monoisotopic (exact) mass is 286 g/mol. The number of likely N-dealkylation sites (tertiary alicyclic amines) is 1. The number of hydrogen-bond donors (Lipinski definition) is 1. The van der Waals surface area contributed by atoms with Crippen LogP contribution in [-0.4, -0.2) is 56.4 Å². The Balaban J connectivity index is 2.51. The van der Waals surface area contributed by atoms with Gasteiger partial charge in [-0.05, 0) is 46.7 Å². The second-order valence-corrected chi connectivity index (χ2v) is 6.32. The number of hydrogen-bond acceptors (Lipinski definition) is 5. The largest absolute Gasteiger partial charge is 0.469 e. The van der Waals surface area contributed by atoms with Crippen molar-refractivity contribution in [3.63, 3.8) is 0 Å². The van der Waals surface area contributed by atoms with Gasteiger partial charge in [-0.1, -0.05) is 0 Å². The van der Waals surface area contributed by atoms with Crippen LogP contribution in [0.5, 0.6) is 0 Å². The topological polar surface area (TPSA) is 67.9 Å². The van der Waals surface area contributed by atoms with E-state index in [0.717, 1.165) is 13.0 Å². The van der Waals surface area contributed by atoms with Crippen LogP contribution in [0.2, 0.25) is 0 Å². The van der Waals surface area contributed by atoms with E-state index in [1.807, 2.05) is 27.8 Å². The van der Waals surface area contributed by atoms with Crippen LogP contribution in [0.25, 0.3) is 0 Å². The number of carbonyl (C=O) groups is 2. The third-order valence-electron chi connectivity index (χ3n) is 3.37. The van der Waals surface area contributed by atoms with Gasteiger partial charge in [0.25, 0.3) is 0 Å². The lowest BCUT2D eigenvalue weighted by Gasteiger charge is -2.35. The first-order valence-electron chi connectivity index (χ1n) is 6.96. The van der Waals surface area contributed by atoms with Gasteiger partial charge in [0.15, 0.2) is 0 Å². The molecule has 1 fully saturated rings. The Kier molecular flexibility index (Phi) is 5.80. The SMILES string of the molecule is COC(=O)C1CN(C)CCC1CNC(=O)OC(C)(C)C. The van der Waals surface area contributed by atoms with Crippen LogP contribution in [0.4, 0.5) is 4.79 Å². The third-order valence-corrected chi connectivity index (χ3v) is 3.37. The van der Waals surface area contributed by atoms with Crippen molar-refractivity contribution in [3.05, 3.63) is 0 Å². The molecule has 2 atom stereocenters. The van der Waals surface area contributed by atoms with Crippen LogP contribution in [0.15, 0.2) is 0 Å². The molecule has 6 heteroatoms. The first-order valence-corrected chi connectivity index (χ1v) is 6.96. The van der Waals surface area contributed by atoms with Gasteiger partial charge >= 0.3 is 12.1 Å². The minimum Gasteiger partial charge on any atom is -0.469 e. The predicted molar refractivity (Wildman–Crippen MR) is 75.3 cm³/mol. The lowest BCUT2D eigenvalue weighted by molar-refractivity contribution is -0.149. The number of amides is 1. The molecule has 116 valence electrons. The van der Waals surface area contributed by atoms with Crippen molar-refractivity contribution in [2.24, 2.45) is 11.8 Å². The second kappa shape index (κ2) is 6.92. The standard InChI is InChI=1S/C14H26N2O4/c1-14(2,3)20-13(18)15-8-10-6-7-16(4)9-11(10)12(17)19-5/h10-11H,6-9H2,1-5H3,(H,15,18). The van der Waals surface area contributed by atoms with Crippen LogP contribution in [0, 0.1) is 11.8 Å². The van der Waals surface area contributed by atoms with Gasteiger partial charge in [-0.2, -0.15) is 0 Å². The number of carbonyl (C=O) groups excluding carboxylic acids is 2. The van der Waals surface area contributed by atoms with Crippen molar-refractivity contribution in [1.82, 2.24) is 10.2 Å². The number of piperidine rings is 1. The maximum absolute atomic E-state index is 11.8. The normalized spacial score (nSPS) is 24.1. The molecular weight excluding hydrogens is 260 g/mol. The van der Waals surface area contributed by atoms with Crippen LogP contribution in [0.1, 0.15) is 27.2 Å². The second-order valence-electron chi connectivity index (χ2n) is 6.32. The van der Waals surface area contributed by atoms with Crippen LogP contribution in [0.3, 0.4) is 0 Å². The number of nitrogens with zero attached hydrogens (tertiary/aromatic N) is 1. The van der Waals surface area contributed by atoms with E-state index in [0.29, 0.717) is 13.1 Å². The Hall–Kier alpha value is -1.30. The molecule has 0 aliphatic carbocycles. The molecule has 0 bridgehead atoms. The van der Waals surface area contributed by atoms with Gasteiger partial charge in [-0.3, -0.25) is 4.79 Å². The van der Waals surface area contributed by atoms with E-state index in [2.05, 4.69) is 10.2 Å². The number of rotatable bonds is 3. The van der Waals surface area contributed by atoms with Gasteiger partial charge in [0.05, 0.1) is 13.0 Å². The number of methoxy groups -OCH3 is 1.